The van der Waals surface area contributed by atoms with Gasteiger partial charge in [0.05, 0.1) is 12.5 Å². The lowest BCUT2D eigenvalue weighted by molar-refractivity contribution is -0.135. The first kappa shape index (κ1) is 17.5. The number of para-hydroxylation sites is 1. The fraction of sp³-hybridized carbons (Fsp3) is 0.556. The Hall–Kier alpha value is -2.28. The van der Waals surface area contributed by atoms with Crippen LogP contribution in [0, 0.1) is 0 Å². The molecule has 25 heavy (non-hydrogen) atoms. The van der Waals surface area contributed by atoms with Crippen LogP contribution in [-0.4, -0.2) is 77.1 Å². The Morgan fingerprint density at radius 3 is 2.52 bits per heavy atom. The highest BCUT2D eigenvalue weighted by molar-refractivity contribution is 5.81. The molecule has 0 bridgehead atoms. The zero-order valence-corrected chi connectivity index (χ0v) is 14.4. The summed E-state index contributed by atoms with van der Waals surface area (Å²) in [5.74, 6) is 0.0205. The minimum Gasteiger partial charge on any atom is -0.465 e. The molecule has 7 heteroatoms. The van der Waals surface area contributed by atoms with Crippen LogP contribution in [0.3, 0.4) is 0 Å². The first-order valence-electron chi connectivity index (χ1n) is 8.87. The third-order valence-electron chi connectivity index (χ3n) is 5.14. The number of hydrogen-bond donors (Lipinski definition) is 2. The summed E-state index contributed by atoms with van der Waals surface area (Å²) in [4.78, 5) is 29.8. The maximum Gasteiger partial charge on any atom is 0.407 e. The molecule has 2 saturated heterocycles. The number of amides is 2. The lowest BCUT2D eigenvalue weighted by Gasteiger charge is -2.42. The Balaban J connectivity index is 1.70. The molecule has 1 unspecified atom stereocenters. The predicted molar refractivity (Wildman–Crippen MR) is 95.3 cm³/mol. The van der Waals surface area contributed by atoms with E-state index in [2.05, 4.69) is 4.90 Å². The van der Waals surface area contributed by atoms with Crippen LogP contribution < -0.4 is 5.73 Å². The average molecular weight is 346 g/mol. The van der Waals surface area contributed by atoms with E-state index in [0.29, 0.717) is 25.3 Å². The number of nitrogens with two attached hydrogens (primary N) is 1. The van der Waals surface area contributed by atoms with Crippen LogP contribution in [0.15, 0.2) is 24.3 Å². The minimum absolute atomic E-state index is 0.0205. The Kier molecular flexibility index (Phi) is 5.43. The van der Waals surface area contributed by atoms with Crippen LogP contribution in [0.4, 0.5) is 10.5 Å². The van der Waals surface area contributed by atoms with Crippen molar-refractivity contribution in [3.63, 3.8) is 0 Å². The summed E-state index contributed by atoms with van der Waals surface area (Å²) >= 11 is 0. The van der Waals surface area contributed by atoms with Crippen LogP contribution in [0.1, 0.15) is 18.4 Å². The summed E-state index contributed by atoms with van der Waals surface area (Å²) in [6.45, 7) is 3.97. The largest absolute Gasteiger partial charge is 0.465 e. The van der Waals surface area contributed by atoms with Crippen LogP contribution in [-0.2, 0) is 11.2 Å². The molecule has 0 spiro atoms. The number of hydrogen-bond acceptors (Lipinski definition) is 4. The highest BCUT2D eigenvalue weighted by Gasteiger charge is 2.34. The lowest BCUT2D eigenvalue weighted by Crippen LogP contribution is -2.59. The van der Waals surface area contributed by atoms with Crippen molar-refractivity contribution in [2.75, 3.05) is 45.0 Å². The molecule has 0 radical (unpaired) electrons. The number of nitrogen functional groups attached to an aromatic ring is 1. The van der Waals surface area contributed by atoms with E-state index in [4.69, 9.17) is 5.73 Å². The summed E-state index contributed by atoms with van der Waals surface area (Å²) < 4.78 is 0. The first-order chi connectivity index (χ1) is 12.0. The molecule has 0 aliphatic carbocycles. The van der Waals surface area contributed by atoms with Gasteiger partial charge >= 0.3 is 6.09 Å². The number of likely N-dealkylation sites (tertiary alicyclic amines) is 1. The van der Waals surface area contributed by atoms with E-state index in [1.807, 2.05) is 23.1 Å². The van der Waals surface area contributed by atoms with Crippen molar-refractivity contribution in [3.8, 4) is 0 Å². The summed E-state index contributed by atoms with van der Waals surface area (Å²) in [6.07, 6.45) is 1.69. The molecule has 1 aromatic rings. The normalized spacial score (nSPS) is 21.5. The van der Waals surface area contributed by atoms with Gasteiger partial charge in [-0.15, -0.1) is 0 Å². The SMILES string of the molecule is Nc1ccccc1CC(=O)N1CCN(C(=O)O)CC1CN1CCCC1. The number of carboxylic acid groups (broad SMARTS) is 1. The van der Waals surface area contributed by atoms with E-state index in [1.54, 1.807) is 6.07 Å². The smallest absolute Gasteiger partial charge is 0.407 e. The van der Waals surface area contributed by atoms with Gasteiger partial charge in [0.15, 0.2) is 0 Å². The Labute approximate surface area is 148 Å². The van der Waals surface area contributed by atoms with E-state index in [0.717, 1.165) is 25.2 Å². The maximum absolute atomic E-state index is 12.9. The molecular formula is C18H26N4O3. The highest BCUT2D eigenvalue weighted by Crippen LogP contribution is 2.18. The van der Waals surface area contributed by atoms with Gasteiger partial charge in [0.25, 0.3) is 0 Å². The van der Waals surface area contributed by atoms with Crippen molar-refractivity contribution in [2.45, 2.75) is 25.3 Å². The number of carbonyl (C=O) groups excluding carboxylic acids is 1. The quantitative estimate of drug-likeness (QED) is 0.797. The monoisotopic (exact) mass is 346 g/mol. The second-order valence-corrected chi connectivity index (χ2v) is 6.85. The van der Waals surface area contributed by atoms with E-state index < -0.39 is 6.09 Å². The number of piperazine rings is 1. The number of nitrogens with zero attached hydrogens (tertiary/aromatic N) is 3. The van der Waals surface area contributed by atoms with E-state index in [-0.39, 0.29) is 18.4 Å². The third kappa shape index (κ3) is 4.22. The zero-order valence-electron chi connectivity index (χ0n) is 14.4. The molecule has 2 aliphatic heterocycles. The number of anilines is 1. The second kappa shape index (κ2) is 7.74. The van der Waals surface area contributed by atoms with Crippen LogP contribution in [0.5, 0.6) is 0 Å². The van der Waals surface area contributed by atoms with Crippen LogP contribution in [0.25, 0.3) is 0 Å². The molecule has 3 rings (SSSR count). The van der Waals surface area contributed by atoms with Crippen molar-refractivity contribution in [2.24, 2.45) is 0 Å². The number of rotatable bonds is 4. The van der Waals surface area contributed by atoms with Gasteiger partial charge in [-0.05, 0) is 37.6 Å². The van der Waals surface area contributed by atoms with Gasteiger partial charge in [0, 0.05) is 31.9 Å². The summed E-state index contributed by atoms with van der Waals surface area (Å²) in [5, 5.41) is 9.31. The van der Waals surface area contributed by atoms with Crippen molar-refractivity contribution in [3.05, 3.63) is 29.8 Å². The molecule has 2 fully saturated rings. The predicted octanol–water partition coefficient (Wildman–Crippen LogP) is 1.10. The number of benzene rings is 1. The maximum atomic E-state index is 12.9. The topological polar surface area (TPSA) is 90.1 Å². The molecule has 1 aromatic carbocycles. The Morgan fingerprint density at radius 1 is 1.12 bits per heavy atom. The molecule has 0 aromatic heterocycles. The molecule has 2 heterocycles. The van der Waals surface area contributed by atoms with Crippen LogP contribution in [0.2, 0.25) is 0 Å². The van der Waals surface area contributed by atoms with Crippen molar-refractivity contribution < 1.29 is 14.7 Å². The molecule has 7 nitrogen and oxygen atoms in total. The molecule has 2 amide bonds. The summed E-state index contributed by atoms with van der Waals surface area (Å²) in [5.41, 5.74) is 7.41. The molecule has 1 atom stereocenters. The minimum atomic E-state index is -0.911. The first-order valence-corrected chi connectivity index (χ1v) is 8.87. The highest BCUT2D eigenvalue weighted by atomic mass is 16.4. The zero-order chi connectivity index (χ0) is 17.8. The van der Waals surface area contributed by atoms with Gasteiger partial charge in [-0.25, -0.2) is 4.79 Å². The van der Waals surface area contributed by atoms with E-state index in [9.17, 15) is 14.7 Å². The molecular weight excluding hydrogens is 320 g/mol. The van der Waals surface area contributed by atoms with Gasteiger partial charge in [0.2, 0.25) is 5.91 Å². The molecule has 3 N–H and O–H groups in total. The van der Waals surface area contributed by atoms with E-state index >= 15 is 0 Å². The molecule has 0 saturated carbocycles. The fourth-order valence-electron chi connectivity index (χ4n) is 3.74. The summed E-state index contributed by atoms with van der Waals surface area (Å²) in [7, 11) is 0. The lowest BCUT2D eigenvalue weighted by atomic mass is 10.1. The molecule has 136 valence electrons. The van der Waals surface area contributed by atoms with Gasteiger partial charge in [-0.2, -0.15) is 0 Å². The van der Waals surface area contributed by atoms with Crippen molar-refractivity contribution in [1.29, 1.82) is 0 Å². The fourth-order valence-corrected chi connectivity index (χ4v) is 3.74. The third-order valence-corrected chi connectivity index (χ3v) is 5.14. The second-order valence-electron chi connectivity index (χ2n) is 6.85. The van der Waals surface area contributed by atoms with Gasteiger partial charge < -0.3 is 25.5 Å². The van der Waals surface area contributed by atoms with Gasteiger partial charge in [-0.1, -0.05) is 18.2 Å². The van der Waals surface area contributed by atoms with Crippen molar-refractivity contribution >= 4 is 17.7 Å². The van der Waals surface area contributed by atoms with Gasteiger partial charge in [0.1, 0.15) is 0 Å². The van der Waals surface area contributed by atoms with E-state index in [1.165, 1.54) is 17.7 Å². The standard InChI is InChI=1S/C18H26N4O3/c19-16-6-2-1-5-14(16)11-17(23)22-10-9-21(18(24)25)13-15(22)12-20-7-3-4-8-20/h1-2,5-6,15H,3-4,7-13,19H2,(H,24,25). The summed E-state index contributed by atoms with van der Waals surface area (Å²) in [6, 6.07) is 7.30. The average Bonchev–Trinajstić information content (AvgIpc) is 3.09. The van der Waals surface area contributed by atoms with Crippen LogP contribution >= 0.6 is 0 Å². The Morgan fingerprint density at radius 2 is 1.84 bits per heavy atom. The van der Waals surface area contributed by atoms with Crippen molar-refractivity contribution in [1.82, 2.24) is 14.7 Å². The number of carbonyl (C=O) groups is 2. The Bertz CT molecular complexity index is 631. The van der Waals surface area contributed by atoms with Gasteiger partial charge in [-0.3, -0.25) is 4.79 Å². The molecule has 2 aliphatic rings.